The average Bonchev–Trinajstić information content (AvgIpc) is 2.90. The average molecular weight is 289 g/mol. The zero-order valence-corrected chi connectivity index (χ0v) is 14.2. The van der Waals surface area contributed by atoms with Gasteiger partial charge in [-0.2, -0.15) is 0 Å². The Kier molecular flexibility index (Phi) is 6.04. The summed E-state index contributed by atoms with van der Waals surface area (Å²) >= 11 is 0. The summed E-state index contributed by atoms with van der Waals surface area (Å²) in [6, 6.07) is 2.21. The number of nitrogens with zero attached hydrogens (tertiary/aromatic N) is 2. The van der Waals surface area contributed by atoms with E-state index in [1.54, 1.807) is 0 Å². The second-order valence-corrected chi connectivity index (χ2v) is 6.45. The third kappa shape index (κ3) is 4.19. The quantitative estimate of drug-likeness (QED) is 0.773. The number of pyridine rings is 1. The van der Waals surface area contributed by atoms with Crippen LogP contribution in [0.4, 0.5) is 5.82 Å². The van der Waals surface area contributed by atoms with Crippen molar-refractivity contribution >= 4 is 5.82 Å². The molecule has 3 heteroatoms. The number of hydrogen-bond donors (Lipinski definition) is 1. The van der Waals surface area contributed by atoms with E-state index in [4.69, 9.17) is 4.98 Å². The Morgan fingerprint density at radius 2 is 2.10 bits per heavy atom. The maximum atomic E-state index is 4.88. The topological polar surface area (TPSA) is 28.2 Å². The van der Waals surface area contributed by atoms with E-state index in [-0.39, 0.29) is 0 Å². The van der Waals surface area contributed by atoms with E-state index in [0.717, 1.165) is 24.7 Å². The lowest BCUT2D eigenvalue weighted by molar-refractivity contribution is 0.529. The zero-order valence-electron chi connectivity index (χ0n) is 14.2. The van der Waals surface area contributed by atoms with Crippen molar-refractivity contribution < 1.29 is 0 Å². The van der Waals surface area contributed by atoms with Crippen LogP contribution < -0.4 is 10.2 Å². The second-order valence-electron chi connectivity index (χ2n) is 6.45. The monoisotopic (exact) mass is 289 g/mol. The van der Waals surface area contributed by atoms with Crippen molar-refractivity contribution in [3.05, 3.63) is 22.9 Å². The molecule has 0 radical (unpaired) electrons. The first kappa shape index (κ1) is 16.3. The Labute approximate surface area is 130 Å². The van der Waals surface area contributed by atoms with Crippen LogP contribution in [0.2, 0.25) is 0 Å². The first-order valence-corrected chi connectivity index (χ1v) is 8.58. The molecule has 1 fully saturated rings. The van der Waals surface area contributed by atoms with Gasteiger partial charge in [-0.15, -0.1) is 0 Å². The summed E-state index contributed by atoms with van der Waals surface area (Å²) in [4.78, 5) is 7.39. The van der Waals surface area contributed by atoms with Crippen molar-refractivity contribution in [2.24, 2.45) is 5.92 Å². The smallest absolute Gasteiger partial charge is 0.133 e. The number of aryl methyl sites for hydroxylation is 2. The molecule has 2 heterocycles. The van der Waals surface area contributed by atoms with Crippen molar-refractivity contribution in [3.8, 4) is 0 Å². The maximum Gasteiger partial charge on any atom is 0.133 e. The van der Waals surface area contributed by atoms with Crippen LogP contribution in [0.3, 0.4) is 0 Å². The van der Waals surface area contributed by atoms with Crippen LogP contribution in [0.5, 0.6) is 0 Å². The Hall–Kier alpha value is -1.09. The van der Waals surface area contributed by atoms with Gasteiger partial charge in [0.05, 0.1) is 0 Å². The highest BCUT2D eigenvalue weighted by atomic mass is 15.2. The largest absolute Gasteiger partial charge is 0.356 e. The Morgan fingerprint density at radius 3 is 2.81 bits per heavy atom. The number of anilines is 1. The first-order valence-electron chi connectivity index (χ1n) is 8.58. The lowest BCUT2D eigenvalue weighted by Gasteiger charge is -2.23. The summed E-state index contributed by atoms with van der Waals surface area (Å²) < 4.78 is 0. The van der Waals surface area contributed by atoms with Gasteiger partial charge in [0.2, 0.25) is 0 Å². The molecule has 1 unspecified atom stereocenters. The van der Waals surface area contributed by atoms with Gasteiger partial charge in [-0.3, -0.25) is 0 Å². The molecule has 0 aromatic carbocycles. The normalized spacial score (nSPS) is 18.5. The summed E-state index contributed by atoms with van der Waals surface area (Å²) in [5.74, 6) is 2.09. The predicted octanol–water partition coefficient (Wildman–Crippen LogP) is 3.82. The minimum Gasteiger partial charge on any atom is -0.356 e. The summed E-state index contributed by atoms with van der Waals surface area (Å²) in [7, 11) is 0. The zero-order chi connectivity index (χ0) is 15.2. The van der Waals surface area contributed by atoms with E-state index in [9.17, 15) is 0 Å². The number of hydrogen-bond acceptors (Lipinski definition) is 3. The van der Waals surface area contributed by atoms with Crippen molar-refractivity contribution in [2.75, 3.05) is 24.5 Å². The molecule has 1 atom stereocenters. The molecule has 0 spiro atoms. The lowest BCUT2D eigenvalue weighted by atomic mass is 10.0. The molecule has 1 N–H and O–H groups in total. The Morgan fingerprint density at radius 1 is 1.29 bits per heavy atom. The van der Waals surface area contributed by atoms with Gasteiger partial charge in [-0.1, -0.05) is 20.3 Å². The third-order valence-electron chi connectivity index (χ3n) is 4.46. The van der Waals surface area contributed by atoms with Gasteiger partial charge in [0, 0.05) is 30.9 Å². The molecule has 0 bridgehead atoms. The van der Waals surface area contributed by atoms with Crippen LogP contribution in [-0.4, -0.2) is 24.6 Å². The van der Waals surface area contributed by atoms with Crippen molar-refractivity contribution in [1.82, 2.24) is 10.3 Å². The fraction of sp³-hybridized carbons (Fsp3) is 0.722. The summed E-state index contributed by atoms with van der Waals surface area (Å²) in [5.41, 5.74) is 3.91. The molecule has 1 aliphatic rings. The summed E-state index contributed by atoms with van der Waals surface area (Å²) in [5, 5.41) is 3.55. The van der Waals surface area contributed by atoms with Crippen LogP contribution in [0.1, 0.15) is 56.4 Å². The van der Waals surface area contributed by atoms with Crippen molar-refractivity contribution in [3.63, 3.8) is 0 Å². The predicted molar refractivity (Wildman–Crippen MR) is 90.9 cm³/mol. The lowest BCUT2D eigenvalue weighted by Crippen LogP contribution is -2.25. The molecule has 1 aromatic rings. The highest BCUT2D eigenvalue weighted by molar-refractivity contribution is 5.52. The fourth-order valence-corrected chi connectivity index (χ4v) is 3.38. The summed E-state index contributed by atoms with van der Waals surface area (Å²) in [6.45, 7) is 13.2. The molecular formula is C18H31N3. The molecule has 2 rings (SSSR count). The molecule has 1 saturated heterocycles. The highest BCUT2D eigenvalue weighted by Crippen LogP contribution is 2.29. The van der Waals surface area contributed by atoms with E-state index >= 15 is 0 Å². The van der Waals surface area contributed by atoms with Crippen LogP contribution >= 0.6 is 0 Å². The molecular weight excluding hydrogens is 258 g/mol. The standard InChI is InChI=1S/C18H31N3/c1-5-7-16-8-10-21(13-16)18-17(12-19-9-6-2)14(3)11-15(4)20-18/h11,16,19H,5-10,12-13H2,1-4H3. The van der Waals surface area contributed by atoms with E-state index in [1.807, 2.05) is 0 Å². The van der Waals surface area contributed by atoms with Crippen molar-refractivity contribution in [2.45, 2.75) is 59.9 Å². The van der Waals surface area contributed by atoms with E-state index in [1.165, 1.54) is 55.7 Å². The van der Waals surface area contributed by atoms with E-state index < -0.39 is 0 Å². The van der Waals surface area contributed by atoms with E-state index in [2.05, 4.69) is 44.0 Å². The molecule has 1 aliphatic heterocycles. The second kappa shape index (κ2) is 7.79. The van der Waals surface area contributed by atoms with Gasteiger partial charge in [0.1, 0.15) is 5.82 Å². The molecule has 1 aromatic heterocycles. The van der Waals surface area contributed by atoms with Gasteiger partial charge in [-0.05, 0) is 57.2 Å². The van der Waals surface area contributed by atoms with Crippen molar-refractivity contribution in [1.29, 1.82) is 0 Å². The number of aromatic nitrogens is 1. The molecule has 0 saturated carbocycles. The molecule has 21 heavy (non-hydrogen) atoms. The van der Waals surface area contributed by atoms with Gasteiger partial charge in [-0.25, -0.2) is 4.98 Å². The van der Waals surface area contributed by atoms with Gasteiger partial charge in [0.15, 0.2) is 0 Å². The van der Waals surface area contributed by atoms with Gasteiger partial charge >= 0.3 is 0 Å². The fourth-order valence-electron chi connectivity index (χ4n) is 3.38. The van der Waals surface area contributed by atoms with E-state index in [0.29, 0.717) is 0 Å². The van der Waals surface area contributed by atoms with Crippen LogP contribution in [-0.2, 0) is 6.54 Å². The summed E-state index contributed by atoms with van der Waals surface area (Å²) in [6.07, 6.45) is 5.15. The highest BCUT2D eigenvalue weighted by Gasteiger charge is 2.25. The van der Waals surface area contributed by atoms with Crippen LogP contribution in [0.25, 0.3) is 0 Å². The Bertz CT molecular complexity index is 456. The molecule has 3 nitrogen and oxygen atoms in total. The minimum atomic E-state index is 0.856. The van der Waals surface area contributed by atoms with Crippen LogP contribution in [0.15, 0.2) is 6.07 Å². The van der Waals surface area contributed by atoms with Gasteiger partial charge < -0.3 is 10.2 Å². The van der Waals surface area contributed by atoms with Crippen LogP contribution in [0, 0.1) is 19.8 Å². The minimum absolute atomic E-state index is 0.856. The van der Waals surface area contributed by atoms with Gasteiger partial charge in [0.25, 0.3) is 0 Å². The first-order chi connectivity index (χ1) is 10.2. The number of rotatable bonds is 7. The third-order valence-corrected chi connectivity index (χ3v) is 4.46. The SMILES string of the molecule is CCCNCc1c(C)cc(C)nc1N1CCC(CCC)C1. The number of nitrogens with one attached hydrogen (secondary N) is 1. The maximum absolute atomic E-state index is 4.88. The molecule has 0 aliphatic carbocycles. The molecule has 0 amide bonds. The molecule has 118 valence electrons. The Balaban J connectivity index is 2.17.